The van der Waals surface area contributed by atoms with Crippen molar-refractivity contribution >= 4 is 11.8 Å². The van der Waals surface area contributed by atoms with Gasteiger partial charge in [-0.05, 0) is 12.1 Å². The number of carboxylic acids is 1. The Morgan fingerprint density at radius 1 is 1.50 bits per heavy atom. The fourth-order valence-corrected chi connectivity index (χ4v) is 1.23. The SMILES string of the molecule is COCCNc1ccc(C(=O)O)c(C(F)(F)F)n1. The average Bonchev–Trinajstić information content (AvgIpc) is 2.28. The molecule has 1 rings (SSSR count). The van der Waals surface area contributed by atoms with Crippen LogP contribution in [0.2, 0.25) is 0 Å². The molecule has 0 aliphatic heterocycles. The van der Waals surface area contributed by atoms with E-state index in [0.29, 0.717) is 6.61 Å². The second-order valence-electron chi connectivity index (χ2n) is 3.32. The van der Waals surface area contributed by atoms with E-state index in [-0.39, 0.29) is 12.4 Å². The number of aromatic nitrogens is 1. The Morgan fingerprint density at radius 3 is 2.67 bits per heavy atom. The normalized spacial score (nSPS) is 11.3. The average molecular weight is 264 g/mol. The van der Waals surface area contributed by atoms with Crippen molar-refractivity contribution in [2.24, 2.45) is 0 Å². The van der Waals surface area contributed by atoms with Gasteiger partial charge in [0.2, 0.25) is 0 Å². The zero-order valence-electron chi connectivity index (χ0n) is 9.41. The fraction of sp³-hybridized carbons (Fsp3) is 0.400. The minimum absolute atomic E-state index is 0.0515. The van der Waals surface area contributed by atoms with Crippen LogP contribution in [0, 0.1) is 0 Å². The second-order valence-corrected chi connectivity index (χ2v) is 3.32. The number of aromatic carboxylic acids is 1. The first kappa shape index (κ1) is 14.2. The third-order valence-electron chi connectivity index (χ3n) is 2.01. The van der Waals surface area contributed by atoms with Crippen LogP contribution in [0.1, 0.15) is 16.1 Å². The van der Waals surface area contributed by atoms with Crippen LogP contribution in [0.3, 0.4) is 0 Å². The Kier molecular flexibility index (Phi) is 4.49. The lowest BCUT2D eigenvalue weighted by Gasteiger charge is -2.11. The van der Waals surface area contributed by atoms with Gasteiger partial charge in [0.1, 0.15) is 5.82 Å². The highest BCUT2D eigenvalue weighted by Gasteiger charge is 2.37. The van der Waals surface area contributed by atoms with E-state index in [1.807, 2.05) is 0 Å². The van der Waals surface area contributed by atoms with Crippen LogP contribution in [0.5, 0.6) is 0 Å². The Balaban J connectivity index is 3.02. The molecular weight excluding hydrogens is 253 g/mol. The molecule has 0 aliphatic rings. The highest BCUT2D eigenvalue weighted by Crippen LogP contribution is 2.31. The largest absolute Gasteiger partial charge is 0.478 e. The number of nitrogens with zero attached hydrogens (tertiary/aromatic N) is 1. The first-order chi connectivity index (χ1) is 8.36. The van der Waals surface area contributed by atoms with Gasteiger partial charge in [-0.25, -0.2) is 9.78 Å². The monoisotopic (exact) mass is 264 g/mol. The number of hydrogen-bond donors (Lipinski definition) is 2. The van der Waals surface area contributed by atoms with Crippen LogP contribution in [-0.4, -0.2) is 36.3 Å². The summed E-state index contributed by atoms with van der Waals surface area (Å²) in [5.74, 6) is -1.72. The topological polar surface area (TPSA) is 71.5 Å². The molecule has 100 valence electrons. The number of methoxy groups -OCH3 is 1. The molecule has 0 aromatic carbocycles. The number of nitrogens with one attached hydrogen (secondary N) is 1. The lowest BCUT2D eigenvalue weighted by Crippen LogP contribution is -2.17. The fourth-order valence-electron chi connectivity index (χ4n) is 1.23. The summed E-state index contributed by atoms with van der Waals surface area (Å²) in [5.41, 5.74) is -2.29. The van der Waals surface area contributed by atoms with Crippen molar-refractivity contribution < 1.29 is 27.8 Å². The van der Waals surface area contributed by atoms with Crippen molar-refractivity contribution in [1.82, 2.24) is 4.98 Å². The molecule has 0 fully saturated rings. The Bertz CT molecular complexity index is 435. The van der Waals surface area contributed by atoms with Crippen LogP contribution >= 0.6 is 0 Å². The summed E-state index contributed by atoms with van der Waals surface area (Å²) < 4.78 is 42.5. The number of pyridine rings is 1. The molecule has 1 aromatic heterocycles. The highest BCUT2D eigenvalue weighted by molar-refractivity contribution is 5.89. The van der Waals surface area contributed by atoms with E-state index in [1.54, 1.807) is 0 Å². The smallest absolute Gasteiger partial charge is 0.434 e. The van der Waals surface area contributed by atoms with E-state index >= 15 is 0 Å². The van der Waals surface area contributed by atoms with Crippen LogP contribution in [0.25, 0.3) is 0 Å². The Hall–Kier alpha value is -1.83. The standard InChI is InChI=1S/C10H11F3N2O3/c1-18-5-4-14-7-3-2-6(9(16)17)8(15-7)10(11,12)13/h2-3H,4-5H2,1H3,(H,14,15)(H,16,17). The summed E-state index contributed by atoms with van der Waals surface area (Å²) in [6.07, 6.45) is -4.81. The van der Waals surface area contributed by atoms with Crippen molar-refractivity contribution in [2.75, 3.05) is 25.6 Å². The van der Waals surface area contributed by atoms with Gasteiger partial charge in [0.05, 0.1) is 12.2 Å². The predicted octanol–water partition coefficient (Wildman–Crippen LogP) is 1.86. The van der Waals surface area contributed by atoms with Gasteiger partial charge in [0.25, 0.3) is 0 Å². The molecule has 0 atom stereocenters. The van der Waals surface area contributed by atoms with Gasteiger partial charge in [0.15, 0.2) is 5.69 Å². The molecule has 0 aliphatic carbocycles. The van der Waals surface area contributed by atoms with Gasteiger partial charge in [-0.1, -0.05) is 0 Å². The van der Waals surface area contributed by atoms with E-state index < -0.39 is 23.4 Å². The van der Waals surface area contributed by atoms with Crippen molar-refractivity contribution in [2.45, 2.75) is 6.18 Å². The van der Waals surface area contributed by atoms with Crippen molar-refractivity contribution in [3.8, 4) is 0 Å². The van der Waals surface area contributed by atoms with Crippen molar-refractivity contribution in [3.63, 3.8) is 0 Å². The maximum Gasteiger partial charge on any atom is 0.434 e. The molecule has 0 spiro atoms. The maximum atomic E-state index is 12.6. The molecular formula is C10H11F3N2O3. The molecule has 8 heteroatoms. The molecule has 0 unspecified atom stereocenters. The minimum Gasteiger partial charge on any atom is -0.478 e. The molecule has 1 heterocycles. The van der Waals surface area contributed by atoms with Crippen LogP contribution < -0.4 is 5.32 Å². The van der Waals surface area contributed by atoms with Crippen molar-refractivity contribution in [1.29, 1.82) is 0 Å². The highest BCUT2D eigenvalue weighted by atomic mass is 19.4. The van der Waals surface area contributed by atoms with Crippen LogP contribution in [-0.2, 0) is 10.9 Å². The molecule has 0 saturated carbocycles. The Morgan fingerprint density at radius 2 is 2.17 bits per heavy atom. The lowest BCUT2D eigenvalue weighted by molar-refractivity contribution is -0.141. The van der Waals surface area contributed by atoms with Gasteiger partial charge in [-0.2, -0.15) is 13.2 Å². The third kappa shape index (κ3) is 3.59. The molecule has 2 N–H and O–H groups in total. The third-order valence-corrected chi connectivity index (χ3v) is 2.01. The molecule has 0 amide bonds. The van der Waals surface area contributed by atoms with E-state index in [4.69, 9.17) is 9.84 Å². The van der Waals surface area contributed by atoms with Crippen molar-refractivity contribution in [3.05, 3.63) is 23.4 Å². The number of ether oxygens (including phenoxy) is 1. The molecule has 0 radical (unpaired) electrons. The number of anilines is 1. The number of carboxylic acid groups (broad SMARTS) is 1. The number of alkyl halides is 3. The number of halogens is 3. The van der Waals surface area contributed by atoms with Crippen LogP contribution in [0.4, 0.5) is 19.0 Å². The van der Waals surface area contributed by atoms with E-state index in [0.717, 1.165) is 6.07 Å². The summed E-state index contributed by atoms with van der Waals surface area (Å²) >= 11 is 0. The molecule has 18 heavy (non-hydrogen) atoms. The minimum atomic E-state index is -4.81. The number of hydrogen-bond acceptors (Lipinski definition) is 4. The van der Waals surface area contributed by atoms with E-state index in [1.165, 1.54) is 13.2 Å². The quantitative estimate of drug-likeness (QED) is 0.794. The second kappa shape index (κ2) is 5.67. The molecule has 1 aromatic rings. The van der Waals surface area contributed by atoms with E-state index in [9.17, 15) is 18.0 Å². The van der Waals surface area contributed by atoms with Gasteiger partial charge in [-0.3, -0.25) is 0 Å². The van der Waals surface area contributed by atoms with Gasteiger partial charge < -0.3 is 15.2 Å². The predicted molar refractivity (Wildman–Crippen MR) is 56.6 cm³/mol. The molecule has 0 bridgehead atoms. The summed E-state index contributed by atoms with van der Waals surface area (Å²) in [7, 11) is 1.45. The van der Waals surface area contributed by atoms with Gasteiger partial charge in [0, 0.05) is 13.7 Å². The van der Waals surface area contributed by atoms with Gasteiger partial charge >= 0.3 is 12.1 Å². The first-order valence-electron chi connectivity index (χ1n) is 4.90. The zero-order chi connectivity index (χ0) is 13.8. The van der Waals surface area contributed by atoms with Crippen LogP contribution in [0.15, 0.2) is 12.1 Å². The van der Waals surface area contributed by atoms with E-state index in [2.05, 4.69) is 10.3 Å². The molecule has 5 nitrogen and oxygen atoms in total. The number of rotatable bonds is 5. The zero-order valence-corrected chi connectivity index (χ0v) is 9.41. The Labute approximate surface area is 101 Å². The van der Waals surface area contributed by atoms with Gasteiger partial charge in [-0.15, -0.1) is 0 Å². The number of carbonyl (C=O) groups is 1. The maximum absolute atomic E-state index is 12.6. The summed E-state index contributed by atoms with van der Waals surface area (Å²) in [6.45, 7) is 0.566. The first-order valence-corrected chi connectivity index (χ1v) is 4.90. The molecule has 0 saturated heterocycles. The lowest BCUT2D eigenvalue weighted by atomic mass is 10.2. The summed E-state index contributed by atoms with van der Waals surface area (Å²) in [6, 6.07) is 2.04. The summed E-state index contributed by atoms with van der Waals surface area (Å²) in [5, 5.41) is 11.2. The summed E-state index contributed by atoms with van der Waals surface area (Å²) in [4.78, 5) is 13.9.